The molecule has 0 aliphatic carbocycles. The molecule has 7 nitrogen and oxygen atoms in total. The summed E-state index contributed by atoms with van der Waals surface area (Å²) in [6, 6.07) is 12.5. The van der Waals surface area contributed by atoms with Gasteiger partial charge < -0.3 is 19.7 Å². The van der Waals surface area contributed by atoms with E-state index in [1.165, 1.54) is 0 Å². The maximum atomic E-state index is 14.6. The molecule has 4 rings (SSSR count). The maximum absolute atomic E-state index is 14.6. The highest BCUT2D eigenvalue weighted by molar-refractivity contribution is 5.68. The summed E-state index contributed by atoms with van der Waals surface area (Å²) >= 11 is 0. The first-order chi connectivity index (χ1) is 16.7. The Morgan fingerprint density at radius 3 is 2.49 bits per heavy atom. The molecule has 2 atom stereocenters. The van der Waals surface area contributed by atoms with Gasteiger partial charge in [0.25, 0.3) is 0 Å². The van der Waals surface area contributed by atoms with Crippen LogP contribution in [-0.2, 0) is 11.3 Å². The van der Waals surface area contributed by atoms with Gasteiger partial charge in [-0.05, 0) is 50.1 Å². The number of nitrogens with one attached hydrogen (secondary N) is 1. The van der Waals surface area contributed by atoms with Gasteiger partial charge in [0.2, 0.25) is 5.95 Å². The second-order valence-corrected chi connectivity index (χ2v) is 9.42. The molecule has 0 saturated carbocycles. The number of hydrogen-bond donors (Lipinski definition) is 1. The summed E-state index contributed by atoms with van der Waals surface area (Å²) in [6.07, 6.45) is 2.51. The molecule has 1 N–H and O–H groups in total. The molecule has 1 amide bonds. The van der Waals surface area contributed by atoms with Crippen LogP contribution in [0.4, 0.5) is 19.5 Å². The number of amides is 1. The first-order valence-corrected chi connectivity index (χ1v) is 11.4. The molecule has 9 heteroatoms. The molecule has 0 bridgehead atoms. The fraction of sp³-hybridized carbons (Fsp3) is 0.346. The van der Waals surface area contributed by atoms with Crippen LogP contribution < -0.4 is 15.0 Å². The normalized spacial score (nSPS) is 17.8. The molecule has 2 heterocycles. The highest BCUT2D eigenvalue weighted by atomic mass is 19.1. The lowest BCUT2D eigenvalue weighted by molar-refractivity contribution is 0.0504. The quantitative estimate of drug-likeness (QED) is 0.542. The van der Waals surface area contributed by atoms with E-state index < -0.39 is 35.3 Å². The summed E-state index contributed by atoms with van der Waals surface area (Å²) < 4.78 is 39.7. The second-order valence-electron chi connectivity index (χ2n) is 9.42. The zero-order valence-electron chi connectivity index (χ0n) is 19.9. The number of ether oxygens (including phenoxy) is 2. The van der Waals surface area contributed by atoms with Crippen molar-refractivity contribution in [2.24, 2.45) is 0 Å². The third-order valence-electron chi connectivity index (χ3n) is 5.53. The van der Waals surface area contributed by atoms with Gasteiger partial charge in [-0.3, -0.25) is 0 Å². The molecular formula is C26H28F2N4O3. The molecule has 35 heavy (non-hydrogen) atoms. The van der Waals surface area contributed by atoms with E-state index in [0.29, 0.717) is 24.8 Å². The predicted octanol–water partition coefficient (Wildman–Crippen LogP) is 4.83. The van der Waals surface area contributed by atoms with Crippen molar-refractivity contribution in [3.05, 3.63) is 83.7 Å². The smallest absolute Gasteiger partial charge is 0.407 e. The van der Waals surface area contributed by atoms with E-state index in [1.54, 1.807) is 33.2 Å². The molecule has 1 aromatic heterocycles. The summed E-state index contributed by atoms with van der Waals surface area (Å²) in [6.45, 7) is 6.23. The van der Waals surface area contributed by atoms with Gasteiger partial charge in [-0.15, -0.1) is 0 Å². The molecule has 1 fully saturated rings. The number of benzene rings is 2. The van der Waals surface area contributed by atoms with Crippen molar-refractivity contribution in [2.75, 3.05) is 18.0 Å². The van der Waals surface area contributed by atoms with E-state index in [9.17, 15) is 13.6 Å². The lowest BCUT2D eigenvalue weighted by Crippen LogP contribution is -2.43. The minimum atomic E-state index is -0.694. The molecule has 0 spiro atoms. The maximum Gasteiger partial charge on any atom is 0.407 e. The number of carbonyl (C=O) groups is 1. The summed E-state index contributed by atoms with van der Waals surface area (Å²) in [5, 5.41) is 2.81. The van der Waals surface area contributed by atoms with Crippen LogP contribution in [0.2, 0.25) is 0 Å². The van der Waals surface area contributed by atoms with E-state index in [4.69, 9.17) is 9.47 Å². The molecule has 0 radical (unpaired) electrons. The van der Waals surface area contributed by atoms with Gasteiger partial charge in [0.15, 0.2) is 5.75 Å². The number of hydrogen-bond acceptors (Lipinski definition) is 6. The minimum absolute atomic E-state index is 0.177. The topological polar surface area (TPSA) is 76.6 Å². The van der Waals surface area contributed by atoms with Crippen LogP contribution in [0.15, 0.2) is 60.9 Å². The summed E-state index contributed by atoms with van der Waals surface area (Å²) in [7, 11) is 0. The van der Waals surface area contributed by atoms with E-state index in [2.05, 4.69) is 15.3 Å². The number of aromatic nitrogens is 2. The highest BCUT2D eigenvalue weighted by Gasteiger charge is 2.38. The third-order valence-corrected chi connectivity index (χ3v) is 5.53. The first-order valence-electron chi connectivity index (χ1n) is 11.4. The summed E-state index contributed by atoms with van der Waals surface area (Å²) in [5.74, 6) is -0.719. The lowest BCUT2D eigenvalue weighted by atomic mass is 9.94. The van der Waals surface area contributed by atoms with E-state index in [1.807, 2.05) is 35.2 Å². The molecule has 1 aliphatic heterocycles. The Hall–Kier alpha value is -3.75. The fourth-order valence-electron chi connectivity index (χ4n) is 3.97. The van der Waals surface area contributed by atoms with Gasteiger partial charge in [-0.2, -0.15) is 0 Å². The van der Waals surface area contributed by atoms with Gasteiger partial charge in [0.1, 0.15) is 23.8 Å². The molecule has 2 aromatic carbocycles. The average Bonchev–Trinajstić information content (AvgIpc) is 3.22. The van der Waals surface area contributed by atoms with Crippen molar-refractivity contribution < 1.29 is 23.0 Å². The second kappa shape index (κ2) is 10.2. The van der Waals surface area contributed by atoms with Crippen LogP contribution in [0.3, 0.4) is 0 Å². The fourth-order valence-corrected chi connectivity index (χ4v) is 3.97. The predicted molar refractivity (Wildman–Crippen MR) is 127 cm³/mol. The Balaban J connectivity index is 1.50. The largest absolute Gasteiger partial charge is 0.486 e. The van der Waals surface area contributed by atoms with Gasteiger partial charge >= 0.3 is 6.09 Å². The standard InChI is InChI=1S/C26H28F2N4O3/c1-26(2,3)35-25(33)31-23-15-32(14-21(23)20-11-18(27)9-10-22(20)28)24-29-12-19(13-30-24)34-16-17-7-5-4-6-8-17/h4-13,21,23H,14-16H2,1-3H3,(H,31,33)/t21-,23+/m1/s1. The Morgan fingerprint density at radius 1 is 1.09 bits per heavy atom. The summed E-state index contributed by atoms with van der Waals surface area (Å²) in [4.78, 5) is 23.1. The minimum Gasteiger partial charge on any atom is -0.486 e. The van der Waals surface area contributed by atoms with E-state index in [-0.39, 0.29) is 12.1 Å². The Kier molecular flexibility index (Phi) is 7.14. The number of anilines is 1. The van der Waals surface area contributed by atoms with E-state index >= 15 is 0 Å². The Labute approximate surface area is 203 Å². The Morgan fingerprint density at radius 2 is 1.80 bits per heavy atom. The van der Waals surface area contributed by atoms with Crippen LogP contribution >= 0.6 is 0 Å². The first kappa shape index (κ1) is 24.4. The zero-order valence-corrected chi connectivity index (χ0v) is 19.9. The monoisotopic (exact) mass is 482 g/mol. The van der Waals surface area contributed by atoms with Crippen molar-refractivity contribution in [1.29, 1.82) is 0 Å². The third kappa shape index (κ3) is 6.44. The number of carbonyl (C=O) groups excluding carboxylic acids is 1. The number of halogens is 2. The molecule has 3 aromatic rings. The molecule has 0 unspecified atom stereocenters. The molecule has 184 valence electrons. The zero-order chi connectivity index (χ0) is 25.0. The average molecular weight is 483 g/mol. The SMILES string of the molecule is CC(C)(C)OC(=O)N[C@H]1CN(c2ncc(OCc3ccccc3)cn2)C[C@@H]1c1cc(F)ccc1F. The summed E-state index contributed by atoms with van der Waals surface area (Å²) in [5.41, 5.74) is 0.504. The molecule has 1 aliphatic rings. The van der Waals surface area contributed by atoms with Crippen molar-refractivity contribution in [1.82, 2.24) is 15.3 Å². The Bertz CT molecular complexity index is 1150. The van der Waals surface area contributed by atoms with Gasteiger partial charge in [0.05, 0.1) is 18.4 Å². The van der Waals surface area contributed by atoms with Crippen LogP contribution in [0.5, 0.6) is 5.75 Å². The number of rotatable bonds is 6. The van der Waals surface area contributed by atoms with Crippen LogP contribution in [0.25, 0.3) is 0 Å². The van der Waals surface area contributed by atoms with Gasteiger partial charge in [0, 0.05) is 19.0 Å². The van der Waals surface area contributed by atoms with Crippen LogP contribution in [-0.4, -0.2) is 40.8 Å². The number of nitrogens with zero attached hydrogens (tertiary/aromatic N) is 3. The molecule has 1 saturated heterocycles. The van der Waals surface area contributed by atoms with Crippen molar-refractivity contribution in [3.8, 4) is 5.75 Å². The van der Waals surface area contributed by atoms with Crippen molar-refractivity contribution in [2.45, 2.75) is 44.9 Å². The van der Waals surface area contributed by atoms with Crippen LogP contribution in [0.1, 0.15) is 37.8 Å². The molecular weight excluding hydrogens is 454 g/mol. The van der Waals surface area contributed by atoms with Crippen molar-refractivity contribution in [3.63, 3.8) is 0 Å². The van der Waals surface area contributed by atoms with E-state index in [0.717, 1.165) is 23.8 Å². The number of alkyl carbamates (subject to hydrolysis) is 1. The van der Waals surface area contributed by atoms with Crippen LogP contribution in [0, 0.1) is 11.6 Å². The van der Waals surface area contributed by atoms with Gasteiger partial charge in [-0.25, -0.2) is 23.5 Å². The lowest BCUT2D eigenvalue weighted by Gasteiger charge is -2.24. The van der Waals surface area contributed by atoms with Crippen molar-refractivity contribution >= 4 is 12.0 Å². The van der Waals surface area contributed by atoms with Gasteiger partial charge in [-0.1, -0.05) is 30.3 Å². The highest BCUT2D eigenvalue weighted by Crippen LogP contribution is 2.32.